The average Bonchev–Trinajstić information content (AvgIpc) is 2.43. The molecule has 0 aliphatic carbocycles. The van der Waals surface area contributed by atoms with Gasteiger partial charge in [-0.3, -0.25) is 4.79 Å². The molecule has 7 heteroatoms. The summed E-state index contributed by atoms with van der Waals surface area (Å²) >= 11 is 0. The van der Waals surface area contributed by atoms with Crippen LogP contribution in [0.15, 0.2) is 18.2 Å². The van der Waals surface area contributed by atoms with Crippen molar-refractivity contribution in [3.63, 3.8) is 0 Å². The summed E-state index contributed by atoms with van der Waals surface area (Å²) in [6.07, 6.45) is 2.20. The maximum Gasteiger partial charge on any atom is 0.336 e. The van der Waals surface area contributed by atoms with E-state index in [4.69, 9.17) is 0 Å². The summed E-state index contributed by atoms with van der Waals surface area (Å²) in [4.78, 5) is 25.0. The van der Waals surface area contributed by atoms with Crippen molar-refractivity contribution in [2.75, 3.05) is 17.7 Å². The summed E-state index contributed by atoms with van der Waals surface area (Å²) in [6.45, 7) is 1.75. The third kappa shape index (κ3) is 2.92. The SMILES string of the molecule is CC(C(=O)N1CCCc2c(C(=O)O)cccc21)S(C)(=O)=O. The Labute approximate surface area is 123 Å². The molecule has 1 aliphatic heterocycles. The summed E-state index contributed by atoms with van der Waals surface area (Å²) in [5.41, 5.74) is 1.25. The van der Waals surface area contributed by atoms with Crippen LogP contribution in [-0.2, 0) is 21.1 Å². The second-order valence-corrected chi connectivity index (χ2v) is 7.54. The van der Waals surface area contributed by atoms with Gasteiger partial charge in [-0.05, 0) is 37.5 Å². The Kier molecular flexibility index (Phi) is 4.04. The van der Waals surface area contributed by atoms with Crippen molar-refractivity contribution in [3.05, 3.63) is 29.3 Å². The van der Waals surface area contributed by atoms with E-state index in [2.05, 4.69) is 0 Å². The number of carbonyl (C=O) groups excluding carboxylic acids is 1. The lowest BCUT2D eigenvalue weighted by Gasteiger charge is -2.31. The number of anilines is 1. The van der Waals surface area contributed by atoms with Crippen molar-refractivity contribution >= 4 is 27.4 Å². The summed E-state index contributed by atoms with van der Waals surface area (Å²) in [7, 11) is -3.49. The zero-order chi connectivity index (χ0) is 15.8. The van der Waals surface area contributed by atoms with Crippen LogP contribution < -0.4 is 4.90 Å². The lowest BCUT2D eigenvalue weighted by Crippen LogP contribution is -2.44. The monoisotopic (exact) mass is 311 g/mol. The van der Waals surface area contributed by atoms with E-state index in [1.807, 2.05) is 0 Å². The molecule has 1 aromatic rings. The molecule has 6 nitrogen and oxygen atoms in total. The highest BCUT2D eigenvalue weighted by Gasteiger charge is 2.32. The number of hydrogen-bond acceptors (Lipinski definition) is 4. The van der Waals surface area contributed by atoms with E-state index >= 15 is 0 Å². The summed E-state index contributed by atoms with van der Waals surface area (Å²) in [5.74, 6) is -1.56. The van der Waals surface area contributed by atoms with E-state index in [1.54, 1.807) is 12.1 Å². The zero-order valence-corrected chi connectivity index (χ0v) is 12.7. The maximum atomic E-state index is 12.4. The van der Waals surface area contributed by atoms with Gasteiger partial charge in [-0.1, -0.05) is 6.07 Å². The fraction of sp³-hybridized carbons (Fsp3) is 0.429. The average molecular weight is 311 g/mol. The first-order chi connectivity index (χ1) is 9.73. The van der Waals surface area contributed by atoms with Gasteiger partial charge >= 0.3 is 5.97 Å². The fourth-order valence-corrected chi connectivity index (χ4v) is 2.95. The number of hydrogen-bond donors (Lipinski definition) is 1. The maximum absolute atomic E-state index is 12.4. The number of amides is 1. The predicted molar refractivity (Wildman–Crippen MR) is 78.4 cm³/mol. The first kappa shape index (κ1) is 15.5. The molecule has 1 aromatic carbocycles. The number of aromatic carboxylic acids is 1. The van der Waals surface area contributed by atoms with Crippen LogP contribution in [0.5, 0.6) is 0 Å². The number of sulfone groups is 1. The summed E-state index contributed by atoms with van der Waals surface area (Å²) in [5, 5.41) is 8.06. The second kappa shape index (κ2) is 5.48. The molecule has 0 spiro atoms. The van der Waals surface area contributed by atoms with E-state index in [0.717, 1.165) is 6.26 Å². The summed E-state index contributed by atoms with van der Waals surface area (Å²) < 4.78 is 23.1. The predicted octanol–water partition coefficient (Wildman–Crippen LogP) is 1.10. The highest BCUT2D eigenvalue weighted by molar-refractivity contribution is 7.92. The van der Waals surface area contributed by atoms with Crippen LogP contribution in [0.1, 0.15) is 29.3 Å². The van der Waals surface area contributed by atoms with Crippen LogP contribution in [0.2, 0.25) is 0 Å². The minimum absolute atomic E-state index is 0.164. The molecule has 0 saturated carbocycles. The van der Waals surface area contributed by atoms with Gasteiger partial charge in [0.2, 0.25) is 5.91 Å². The van der Waals surface area contributed by atoms with Crippen molar-refractivity contribution in [3.8, 4) is 0 Å². The third-order valence-electron chi connectivity index (χ3n) is 3.74. The molecule has 0 aromatic heterocycles. The molecular formula is C14H17NO5S. The molecule has 114 valence electrons. The molecule has 1 unspecified atom stereocenters. The molecule has 1 heterocycles. The number of nitrogens with zero attached hydrogens (tertiary/aromatic N) is 1. The second-order valence-electron chi connectivity index (χ2n) is 5.17. The molecular weight excluding hydrogens is 294 g/mol. The summed E-state index contributed by atoms with van der Waals surface area (Å²) in [6, 6.07) is 4.72. The Bertz CT molecular complexity index is 695. The molecule has 1 N–H and O–H groups in total. The lowest BCUT2D eigenvalue weighted by atomic mass is 9.96. The van der Waals surface area contributed by atoms with E-state index < -0.39 is 27.0 Å². The number of carboxylic acid groups (broad SMARTS) is 1. The molecule has 0 bridgehead atoms. The molecule has 1 amide bonds. The zero-order valence-electron chi connectivity index (χ0n) is 11.9. The molecule has 0 saturated heterocycles. The minimum Gasteiger partial charge on any atom is -0.478 e. The van der Waals surface area contributed by atoms with Crippen LogP contribution in [0.4, 0.5) is 5.69 Å². The van der Waals surface area contributed by atoms with Gasteiger partial charge in [-0.15, -0.1) is 0 Å². The third-order valence-corrected chi connectivity index (χ3v) is 5.22. The molecule has 1 atom stereocenters. The minimum atomic E-state index is -3.49. The normalized spacial score (nSPS) is 16.2. The standard InChI is InChI=1S/C14H17NO5S/c1-9(21(2,19)20)13(16)15-8-4-6-10-11(14(17)18)5-3-7-12(10)15/h3,5,7,9H,4,6,8H2,1-2H3,(H,17,18). The van der Waals surface area contributed by atoms with Crippen molar-refractivity contribution in [1.29, 1.82) is 0 Å². The van der Waals surface area contributed by atoms with Gasteiger partial charge in [0.1, 0.15) is 5.25 Å². The quantitative estimate of drug-likeness (QED) is 0.902. The van der Waals surface area contributed by atoms with Gasteiger partial charge in [0, 0.05) is 18.5 Å². The Morgan fingerprint density at radius 3 is 2.57 bits per heavy atom. The highest BCUT2D eigenvalue weighted by atomic mass is 32.2. The first-order valence-corrected chi connectivity index (χ1v) is 8.54. The van der Waals surface area contributed by atoms with Crippen molar-refractivity contribution in [1.82, 2.24) is 0 Å². The van der Waals surface area contributed by atoms with E-state index in [0.29, 0.717) is 30.6 Å². The van der Waals surface area contributed by atoms with Crippen LogP contribution in [0, 0.1) is 0 Å². The number of benzene rings is 1. The van der Waals surface area contributed by atoms with Crippen LogP contribution in [0.3, 0.4) is 0 Å². The Morgan fingerprint density at radius 2 is 2.00 bits per heavy atom. The fourth-order valence-electron chi connectivity index (χ4n) is 2.46. The van der Waals surface area contributed by atoms with Crippen molar-refractivity contribution in [2.45, 2.75) is 25.0 Å². The van der Waals surface area contributed by atoms with Crippen LogP contribution >= 0.6 is 0 Å². The Morgan fingerprint density at radius 1 is 1.33 bits per heavy atom. The van der Waals surface area contributed by atoms with Gasteiger partial charge in [0.25, 0.3) is 0 Å². The molecule has 1 aliphatic rings. The van der Waals surface area contributed by atoms with Gasteiger partial charge in [0.05, 0.1) is 5.56 Å². The number of fused-ring (bicyclic) bond motifs is 1. The van der Waals surface area contributed by atoms with E-state index in [-0.39, 0.29) is 5.56 Å². The van der Waals surface area contributed by atoms with Crippen LogP contribution in [0.25, 0.3) is 0 Å². The van der Waals surface area contributed by atoms with Gasteiger partial charge in [0.15, 0.2) is 9.84 Å². The smallest absolute Gasteiger partial charge is 0.336 e. The largest absolute Gasteiger partial charge is 0.478 e. The molecule has 2 rings (SSSR count). The van der Waals surface area contributed by atoms with E-state index in [9.17, 15) is 23.1 Å². The number of carboxylic acids is 1. The number of rotatable bonds is 3. The van der Waals surface area contributed by atoms with Gasteiger partial charge in [-0.25, -0.2) is 13.2 Å². The first-order valence-electron chi connectivity index (χ1n) is 6.59. The Balaban J connectivity index is 2.46. The molecule has 0 radical (unpaired) electrons. The van der Waals surface area contributed by atoms with Crippen LogP contribution in [-0.4, -0.2) is 43.5 Å². The molecule has 0 fully saturated rings. The van der Waals surface area contributed by atoms with Gasteiger partial charge < -0.3 is 10.0 Å². The topological polar surface area (TPSA) is 91.8 Å². The van der Waals surface area contributed by atoms with Gasteiger partial charge in [-0.2, -0.15) is 0 Å². The van der Waals surface area contributed by atoms with Crippen molar-refractivity contribution < 1.29 is 23.1 Å². The number of carbonyl (C=O) groups is 2. The lowest BCUT2D eigenvalue weighted by molar-refractivity contribution is -0.118. The highest BCUT2D eigenvalue weighted by Crippen LogP contribution is 2.30. The Hall–Kier alpha value is -1.89. The van der Waals surface area contributed by atoms with E-state index in [1.165, 1.54) is 17.9 Å². The van der Waals surface area contributed by atoms with Crippen molar-refractivity contribution in [2.24, 2.45) is 0 Å². The molecule has 21 heavy (non-hydrogen) atoms.